The summed E-state index contributed by atoms with van der Waals surface area (Å²) in [5, 5.41) is 32.5. The second-order valence-corrected chi connectivity index (χ2v) is 6.85. The number of allylic oxidation sites excluding steroid dienone is 1. The fraction of sp³-hybridized carbons (Fsp3) is 0.300. The molecule has 1 aromatic carbocycles. The quantitative estimate of drug-likeness (QED) is 0.428. The average Bonchev–Trinajstić information content (AvgIpc) is 3.30. The third-order valence-corrected chi connectivity index (χ3v) is 4.85. The van der Waals surface area contributed by atoms with E-state index in [-0.39, 0.29) is 11.7 Å². The number of rotatable bonds is 6. The smallest absolute Gasteiger partial charge is 0.256 e. The third kappa shape index (κ3) is 3.57. The zero-order chi connectivity index (χ0) is 21.3. The molecule has 30 heavy (non-hydrogen) atoms. The summed E-state index contributed by atoms with van der Waals surface area (Å²) in [7, 11) is 0. The Bertz CT molecular complexity index is 1070. The highest BCUT2D eigenvalue weighted by Crippen LogP contribution is 2.32. The Morgan fingerprint density at radius 3 is 2.67 bits per heavy atom. The summed E-state index contributed by atoms with van der Waals surface area (Å²) < 4.78 is 7.03. The van der Waals surface area contributed by atoms with Crippen molar-refractivity contribution >= 4 is 22.9 Å². The van der Waals surface area contributed by atoms with E-state index in [2.05, 4.69) is 26.8 Å². The number of hydrogen-bond donors (Lipinski definition) is 4. The van der Waals surface area contributed by atoms with Gasteiger partial charge in [0.1, 0.15) is 24.1 Å². The first-order valence-corrected chi connectivity index (χ1v) is 9.36. The van der Waals surface area contributed by atoms with Gasteiger partial charge in [0.05, 0.1) is 12.9 Å². The lowest BCUT2D eigenvalue weighted by Gasteiger charge is -2.17. The van der Waals surface area contributed by atoms with Crippen molar-refractivity contribution in [2.45, 2.75) is 31.0 Å². The number of aliphatic hydroxyl groups excluding tert-OH is 3. The van der Waals surface area contributed by atoms with E-state index >= 15 is 0 Å². The topological polar surface area (TPSA) is 143 Å². The van der Waals surface area contributed by atoms with E-state index in [1.807, 2.05) is 6.07 Å². The number of carbonyl (C=O) groups excluding carboxylic acids is 1. The van der Waals surface area contributed by atoms with Crippen molar-refractivity contribution in [2.75, 3.05) is 11.9 Å². The van der Waals surface area contributed by atoms with Crippen LogP contribution < -0.4 is 5.32 Å². The summed E-state index contributed by atoms with van der Waals surface area (Å²) in [6.45, 7) is 3.24. The van der Waals surface area contributed by atoms with Crippen LogP contribution >= 0.6 is 0 Å². The molecule has 4 rings (SSSR count). The number of anilines is 1. The maximum Gasteiger partial charge on any atom is 0.256 e. The van der Waals surface area contributed by atoms with Crippen LogP contribution in [0.15, 0.2) is 49.3 Å². The van der Waals surface area contributed by atoms with Gasteiger partial charge in [-0.05, 0) is 12.1 Å². The molecular formula is C20H21N5O5. The normalized spacial score (nSPS) is 23.6. The van der Waals surface area contributed by atoms with Gasteiger partial charge in [-0.15, -0.1) is 6.58 Å². The van der Waals surface area contributed by atoms with Gasteiger partial charge in [0.25, 0.3) is 5.91 Å². The number of benzene rings is 1. The van der Waals surface area contributed by atoms with E-state index < -0.39 is 31.1 Å². The molecule has 10 nitrogen and oxygen atoms in total. The number of hydrogen-bond acceptors (Lipinski definition) is 8. The number of aliphatic hydroxyl groups is 3. The summed E-state index contributed by atoms with van der Waals surface area (Å²) in [5.41, 5.74) is 1.06. The lowest BCUT2D eigenvalue weighted by molar-refractivity contribution is -0.0511. The SMILES string of the molecule is C=CCc1nc(NC(=O)c2ccccc2)c2ncn([C@@H]3O[C@H](CO)C(O)C3O)c2n1. The average molecular weight is 411 g/mol. The maximum atomic E-state index is 12.6. The molecule has 156 valence electrons. The standard InChI is InChI=1S/C20H21N5O5/c1-2-6-13-22-17(24-19(29)11-7-4-3-5-8-11)14-18(23-13)25(10-21-14)20-16(28)15(27)12(9-26)30-20/h2-5,7-8,10,12,15-16,20,26-28H,1,6,9H2,(H,22,23,24,29)/t12-,15?,16?,20-/m1/s1. The highest BCUT2D eigenvalue weighted by molar-refractivity contribution is 6.06. The zero-order valence-corrected chi connectivity index (χ0v) is 15.9. The molecule has 2 aromatic heterocycles. The highest BCUT2D eigenvalue weighted by atomic mass is 16.6. The van der Waals surface area contributed by atoms with Crippen LogP contribution in [-0.4, -0.2) is 65.7 Å². The number of aromatic nitrogens is 4. The van der Waals surface area contributed by atoms with E-state index in [0.717, 1.165) is 0 Å². The second kappa shape index (κ2) is 8.28. The first kappa shape index (κ1) is 20.1. The third-order valence-electron chi connectivity index (χ3n) is 4.85. The Morgan fingerprint density at radius 2 is 2.00 bits per heavy atom. The Balaban J connectivity index is 1.75. The molecule has 1 aliphatic rings. The van der Waals surface area contributed by atoms with Gasteiger partial charge in [-0.2, -0.15) is 0 Å². The molecule has 1 amide bonds. The summed E-state index contributed by atoms with van der Waals surface area (Å²) in [6, 6.07) is 8.67. The number of nitrogens with one attached hydrogen (secondary N) is 1. The van der Waals surface area contributed by atoms with Crippen LogP contribution in [0.25, 0.3) is 11.2 Å². The minimum Gasteiger partial charge on any atom is -0.394 e. The van der Waals surface area contributed by atoms with Gasteiger partial charge in [0, 0.05) is 12.0 Å². The lowest BCUT2D eigenvalue weighted by atomic mass is 10.1. The van der Waals surface area contributed by atoms with Gasteiger partial charge in [0.15, 0.2) is 23.2 Å². The molecular weight excluding hydrogens is 390 g/mol. The molecule has 10 heteroatoms. The number of ether oxygens (including phenoxy) is 1. The van der Waals surface area contributed by atoms with Crippen molar-refractivity contribution in [1.82, 2.24) is 19.5 Å². The molecule has 0 spiro atoms. The number of fused-ring (bicyclic) bond motifs is 1. The van der Waals surface area contributed by atoms with E-state index in [9.17, 15) is 20.1 Å². The molecule has 0 saturated carbocycles. The minimum atomic E-state index is -1.29. The summed E-state index contributed by atoms with van der Waals surface area (Å²) in [6.07, 6.45) is -1.15. The van der Waals surface area contributed by atoms with Crippen LogP contribution in [0.2, 0.25) is 0 Å². The molecule has 0 aliphatic carbocycles. The van der Waals surface area contributed by atoms with Gasteiger partial charge in [-0.3, -0.25) is 9.36 Å². The van der Waals surface area contributed by atoms with Gasteiger partial charge in [-0.25, -0.2) is 15.0 Å². The molecule has 0 bridgehead atoms. The van der Waals surface area contributed by atoms with E-state index in [4.69, 9.17) is 4.74 Å². The van der Waals surface area contributed by atoms with Crippen molar-refractivity contribution < 1.29 is 24.9 Å². The molecule has 1 aliphatic heterocycles. The Labute approximate surface area is 171 Å². The Morgan fingerprint density at radius 1 is 1.23 bits per heavy atom. The fourth-order valence-corrected chi connectivity index (χ4v) is 3.33. The van der Waals surface area contributed by atoms with Crippen molar-refractivity contribution in [2.24, 2.45) is 0 Å². The number of carbonyl (C=O) groups is 1. The minimum absolute atomic E-state index is 0.205. The van der Waals surface area contributed by atoms with Crippen LogP contribution in [0, 0.1) is 0 Å². The largest absolute Gasteiger partial charge is 0.394 e. The molecule has 3 aromatic rings. The number of nitrogens with zero attached hydrogens (tertiary/aromatic N) is 4. The second-order valence-electron chi connectivity index (χ2n) is 6.85. The first-order chi connectivity index (χ1) is 14.5. The molecule has 4 N–H and O–H groups in total. The van der Waals surface area contributed by atoms with Gasteiger partial charge in [0.2, 0.25) is 0 Å². The first-order valence-electron chi connectivity index (χ1n) is 9.36. The molecule has 1 fully saturated rings. The Hall–Kier alpha value is -3.18. The van der Waals surface area contributed by atoms with E-state index in [0.29, 0.717) is 29.0 Å². The lowest BCUT2D eigenvalue weighted by Crippen LogP contribution is -2.33. The summed E-state index contributed by atoms with van der Waals surface area (Å²) in [5.74, 6) is 0.230. The fourth-order valence-electron chi connectivity index (χ4n) is 3.33. The zero-order valence-electron chi connectivity index (χ0n) is 15.9. The molecule has 2 unspecified atom stereocenters. The van der Waals surface area contributed by atoms with Gasteiger partial charge >= 0.3 is 0 Å². The van der Waals surface area contributed by atoms with E-state index in [1.165, 1.54) is 10.9 Å². The van der Waals surface area contributed by atoms with E-state index in [1.54, 1.807) is 30.3 Å². The van der Waals surface area contributed by atoms with Crippen molar-refractivity contribution in [3.8, 4) is 0 Å². The molecule has 4 atom stereocenters. The molecule has 3 heterocycles. The van der Waals surface area contributed by atoms with Gasteiger partial charge < -0.3 is 25.4 Å². The summed E-state index contributed by atoms with van der Waals surface area (Å²) in [4.78, 5) is 25.7. The van der Waals surface area contributed by atoms with Crippen LogP contribution in [0.5, 0.6) is 0 Å². The van der Waals surface area contributed by atoms with Crippen molar-refractivity contribution in [3.63, 3.8) is 0 Å². The van der Waals surface area contributed by atoms with Crippen LogP contribution in [0.1, 0.15) is 22.4 Å². The molecule has 0 radical (unpaired) electrons. The van der Waals surface area contributed by atoms with Crippen LogP contribution in [0.4, 0.5) is 5.82 Å². The van der Waals surface area contributed by atoms with Crippen LogP contribution in [-0.2, 0) is 11.2 Å². The summed E-state index contributed by atoms with van der Waals surface area (Å²) >= 11 is 0. The molecule has 1 saturated heterocycles. The Kier molecular flexibility index (Phi) is 5.55. The van der Waals surface area contributed by atoms with Crippen molar-refractivity contribution in [3.05, 3.63) is 60.7 Å². The number of amides is 1. The predicted molar refractivity (Wildman–Crippen MR) is 107 cm³/mol. The van der Waals surface area contributed by atoms with Gasteiger partial charge in [-0.1, -0.05) is 24.3 Å². The highest BCUT2D eigenvalue weighted by Gasteiger charge is 2.44. The van der Waals surface area contributed by atoms with Crippen molar-refractivity contribution in [1.29, 1.82) is 0 Å². The van der Waals surface area contributed by atoms with Crippen LogP contribution in [0.3, 0.4) is 0 Å². The maximum absolute atomic E-state index is 12.6. The monoisotopic (exact) mass is 411 g/mol. The predicted octanol–water partition coefficient (Wildman–Crippen LogP) is 0.419. The number of imidazole rings is 1.